The van der Waals surface area contributed by atoms with Gasteiger partial charge in [0, 0.05) is 5.56 Å². The van der Waals surface area contributed by atoms with Gasteiger partial charge in [-0.25, -0.2) is 0 Å². The number of aryl methyl sites for hydroxylation is 2. The van der Waals surface area contributed by atoms with Crippen LogP contribution in [0.1, 0.15) is 22.2 Å². The van der Waals surface area contributed by atoms with Gasteiger partial charge in [-0.15, -0.1) is 11.6 Å². The Morgan fingerprint density at radius 3 is 2.46 bits per heavy atom. The smallest absolute Gasteiger partial charge is 0.127 e. The standard InChI is InChI=1S/C10H14ClNO/c1-6-4-7(2)9(13-3)8(5-6)10(11)12/h4-5,10H,12H2,1-3H3. The van der Waals surface area contributed by atoms with Crippen LogP contribution in [0.4, 0.5) is 0 Å². The van der Waals surface area contributed by atoms with Gasteiger partial charge in [0.05, 0.1) is 7.11 Å². The highest BCUT2D eigenvalue weighted by Gasteiger charge is 2.11. The summed E-state index contributed by atoms with van der Waals surface area (Å²) in [5.74, 6) is 0.785. The van der Waals surface area contributed by atoms with Crippen LogP contribution in [0.25, 0.3) is 0 Å². The molecule has 1 rings (SSSR count). The van der Waals surface area contributed by atoms with E-state index >= 15 is 0 Å². The highest BCUT2D eigenvalue weighted by Crippen LogP contribution is 2.30. The van der Waals surface area contributed by atoms with E-state index in [1.54, 1.807) is 7.11 Å². The second-order valence-corrected chi connectivity index (χ2v) is 3.58. The second kappa shape index (κ2) is 3.99. The number of halogens is 1. The predicted octanol–water partition coefficient (Wildman–Crippen LogP) is 2.51. The first kappa shape index (κ1) is 10.4. The Bertz CT molecular complexity index is 310. The Morgan fingerprint density at radius 2 is 2.00 bits per heavy atom. The fourth-order valence-electron chi connectivity index (χ4n) is 1.47. The topological polar surface area (TPSA) is 35.2 Å². The molecule has 0 aliphatic carbocycles. The van der Waals surface area contributed by atoms with E-state index in [0.29, 0.717) is 0 Å². The SMILES string of the molecule is COc1c(C)cc(C)cc1C(N)Cl. The number of hydrogen-bond donors (Lipinski definition) is 1. The first-order chi connectivity index (χ1) is 6.06. The average molecular weight is 200 g/mol. The lowest BCUT2D eigenvalue weighted by Crippen LogP contribution is -2.06. The molecule has 3 heteroatoms. The maximum Gasteiger partial charge on any atom is 0.127 e. The number of ether oxygens (including phenoxy) is 1. The molecule has 0 fully saturated rings. The second-order valence-electron chi connectivity index (χ2n) is 3.11. The minimum atomic E-state index is -0.506. The highest BCUT2D eigenvalue weighted by molar-refractivity contribution is 6.20. The summed E-state index contributed by atoms with van der Waals surface area (Å²) in [7, 11) is 1.63. The van der Waals surface area contributed by atoms with E-state index in [2.05, 4.69) is 0 Å². The Kier molecular flexibility index (Phi) is 3.17. The molecule has 0 aliphatic heterocycles. The maximum absolute atomic E-state index is 5.83. The van der Waals surface area contributed by atoms with Crippen LogP contribution in [0.15, 0.2) is 12.1 Å². The average Bonchev–Trinajstić information content (AvgIpc) is 2.02. The van der Waals surface area contributed by atoms with Crippen LogP contribution in [-0.2, 0) is 0 Å². The van der Waals surface area contributed by atoms with Crippen molar-refractivity contribution in [2.45, 2.75) is 19.3 Å². The number of nitrogens with two attached hydrogens (primary N) is 1. The molecule has 2 N–H and O–H groups in total. The summed E-state index contributed by atoms with van der Waals surface area (Å²) in [6.45, 7) is 3.99. The number of rotatable bonds is 2. The lowest BCUT2D eigenvalue weighted by atomic mass is 10.1. The quantitative estimate of drug-likeness (QED) is 0.587. The van der Waals surface area contributed by atoms with Crippen molar-refractivity contribution in [3.8, 4) is 5.75 Å². The van der Waals surface area contributed by atoms with Gasteiger partial charge in [0.2, 0.25) is 0 Å². The van der Waals surface area contributed by atoms with Gasteiger partial charge in [-0.1, -0.05) is 11.6 Å². The van der Waals surface area contributed by atoms with Crippen molar-refractivity contribution in [2.75, 3.05) is 7.11 Å². The third-order valence-corrected chi connectivity index (χ3v) is 2.18. The summed E-state index contributed by atoms with van der Waals surface area (Å²) in [5, 5.41) is 0. The maximum atomic E-state index is 5.83. The summed E-state index contributed by atoms with van der Waals surface area (Å²) < 4.78 is 5.23. The number of hydrogen-bond acceptors (Lipinski definition) is 2. The van der Waals surface area contributed by atoms with E-state index in [4.69, 9.17) is 22.1 Å². The molecule has 2 nitrogen and oxygen atoms in total. The molecule has 1 unspecified atom stereocenters. The Balaban J connectivity index is 3.29. The van der Waals surface area contributed by atoms with Crippen molar-refractivity contribution >= 4 is 11.6 Å². The molecule has 1 atom stereocenters. The van der Waals surface area contributed by atoms with Crippen molar-refractivity contribution in [3.63, 3.8) is 0 Å². The third-order valence-electron chi connectivity index (χ3n) is 1.95. The van der Waals surface area contributed by atoms with Gasteiger partial charge in [0.1, 0.15) is 11.3 Å². The van der Waals surface area contributed by atoms with Gasteiger partial charge >= 0.3 is 0 Å². The van der Waals surface area contributed by atoms with Gasteiger partial charge in [0.25, 0.3) is 0 Å². The van der Waals surface area contributed by atoms with Crippen LogP contribution in [0, 0.1) is 13.8 Å². The highest BCUT2D eigenvalue weighted by atomic mass is 35.5. The van der Waals surface area contributed by atoms with Crippen molar-refractivity contribution in [3.05, 3.63) is 28.8 Å². The van der Waals surface area contributed by atoms with Crippen LogP contribution in [-0.4, -0.2) is 7.11 Å². The van der Waals surface area contributed by atoms with E-state index in [0.717, 1.165) is 22.4 Å². The van der Waals surface area contributed by atoms with Crippen molar-refractivity contribution < 1.29 is 4.74 Å². The first-order valence-corrected chi connectivity index (χ1v) is 4.54. The molecule has 13 heavy (non-hydrogen) atoms. The van der Waals surface area contributed by atoms with Crippen molar-refractivity contribution in [2.24, 2.45) is 5.73 Å². The molecular formula is C10H14ClNO. The first-order valence-electron chi connectivity index (χ1n) is 4.11. The van der Waals surface area contributed by atoms with E-state index in [1.807, 2.05) is 26.0 Å². The van der Waals surface area contributed by atoms with Gasteiger partial charge in [-0.3, -0.25) is 0 Å². The van der Waals surface area contributed by atoms with Crippen LogP contribution >= 0.6 is 11.6 Å². The minimum absolute atomic E-state index is 0.506. The molecule has 0 saturated carbocycles. The molecule has 0 amide bonds. The molecule has 1 aromatic rings. The van der Waals surface area contributed by atoms with Crippen LogP contribution < -0.4 is 10.5 Å². The van der Waals surface area contributed by atoms with Gasteiger partial charge < -0.3 is 10.5 Å². The van der Waals surface area contributed by atoms with E-state index in [9.17, 15) is 0 Å². The monoisotopic (exact) mass is 199 g/mol. The van der Waals surface area contributed by atoms with E-state index in [1.165, 1.54) is 0 Å². The van der Waals surface area contributed by atoms with Crippen LogP contribution in [0.3, 0.4) is 0 Å². The fourth-order valence-corrected chi connectivity index (χ4v) is 1.63. The number of benzene rings is 1. The zero-order valence-electron chi connectivity index (χ0n) is 8.10. The van der Waals surface area contributed by atoms with E-state index in [-0.39, 0.29) is 0 Å². The molecule has 0 saturated heterocycles. The molecule has 0 heterocycles. The third kappa shape index (κ3) is 2.14. The largest absolute Gasteiger partial charge is 0.496 e. The number of methoxy groups -OCH3 is 1. The molecule has 0 spiro atoms. The predicted molar refractivity (Wildman–Crippen MR) is 55.2 cm³/mol. The van der Waals surface area contributed by atoms with Gasteiger partial charge in [-0.05, 0) is 25.5 Å². The fraction of sp³-hybridized carbons (Fsp3) is 0.400. The summed E-state index contributed by atoms with van der Waals surface area (Å²) in [5.41, 5.74) is 8.16. The molecular weight excluding hydrogens is 186 g/mol. The molecule has 0 bridgehead atoms. The summed E-state index contributed by atoms with van der Waals surface area (Å²) in [6, 6.07) is 3.99. The molecule has 1 aromatic carbocycles. The Labute approximate surface area is 83.6 Å². The molecule has 0 aromatic heterocycles. The normalized spacial score (nSPS) is 12.7. The summed E-state index contributed by atoms with van der Waals surface area (Å²) in [6.07, 6.45) is 0. The minimum Gasteiger partial charge on any atom is -0.496 e. The zero-order chi connectivity index (χ0) is 10.0. The van der Waals surface area contributed by atoms with E-state index < -0.39 is 5.50 Å². The van der Waals surface area contributed by atoms with Gasteiger partial charge in [-0.2, -0.15) is 0 Å². The lowest BCUT2D eigenvalue weighted by molar-refractivity contribution is 0.406. The number of alkyl halides is 1. The zero-order valence-corrected chi connectivity index (χ0v) is 8.85. The van der Waals surface area contributed by atoms with Gasteiger partial charge in [0.15, 0.2) is 0 Å². The molecule has 0 radical (unpaired) electrons. The molecule has 0 aliphatic rings. The van der Waals surface area contributed by atoms with Crippen LogP contribution in [0.5, 0.6) is 5.75 Å². The Hall–Kier alpha value is -0.730. The van der Waals surface area contributed by atoms with Crippen molar-refractivity contribution in [1.29, 1.82) is 0 Å². The lowest BCUT2D eigenvalue weighted by Gasteiger charge is -2.13. The summed E-state index contributed by atoms with van der Waals surface area (Å²) in [4.78, 5) is 0. The summed E-state index contributed by atoms with van der Waals surface area (Å²) >= 11 is 5.83. The Morgan fingerprint density at radius 1 is 1.38 bits per heavy atom. The van der Waals surface area contributed by atoms with Crippen LogP contribution in [0.2, 0.25) is 0 Å². The molecule has 72 valence electrons. The van der Waals surface area contributed by atoms with Crippen molar-refractivity contribution in [1.82, 2.24) is 0 Å².